The molecule has 0 bridgehead atoms. The summed E-state index contributed by atoms with van der Waals surface area (Å²) in [6.45, 7) is -0.327. The van der Waals surface area contributed by atoms with E-state index in [9.17, 15) is 81.1 Å². The van der Waals surface area contributed by atoms with Crippen molar-refractivity contribution in [3.8, 4) is 0 Å². The van der Waals surface area contributed by atoms with Gasteiger partial charge in [0.05, 0.1) is 32.5 Å². The molecular weight excluding hydrogens is 836 g/mol. The number of ether oxygens (including phenoxy) is 9. The minimum atomic E-state index is -2.04. The summed E-state index contributed by atoms with van der Waals surface area (Å²) in [6.07, 6.45) is -41.8. The Morgan fingerprint density at radius 1 is 0.426 bits per heavy atom. The van der Waals surface area contributed by atoms with Crippen molar-refractivity contribution in [1.29, 1.82) is 0 Å². The molecule has 0 aliphatic carbocycles. The van der Waals surface area contributed by atoms with Crippen molar-refractivity contribution < 1.29 is 124 Å². The van der Waals surface area contributed by atoms with Crippen molar-refractivity contribution in [1.82, 2.24) is 10.6 Å². The zero-order valence-electron chi connectivity index (χ0n) is 33.0. The molecular formula is C34H58N2O25. The highest BCUT2D eigenvalue weighted by Gasteiger charge is 2.58. The summed E-state index contributed by atoms with van der Waals surface area (Å²) in [7, 11) is 0. The Bertz CT molecular complexity index is 1420. The number of hydrogen-bond donors (Lipinski definition) is 16. The van der Waals surface area contributed by atoms with E-state index in [0.717, 1.165) is 13.8 Å². The summed E-state index contributed by atoms with van der Waals surface area (Å²) >= 11 is 0. The first-order valence-electron chi connectivity index (χ1n) is 19.5. The van der Waals surface area contributed by atoms with E-state index >= 15 is 0 Å². The summed E-state index contributed by atoms with van der Waals surface area (Å²) in [5.74, 6) is -1.56. The number of nitrogens with one attached hydrogen (secondary N) is 2. The van der Waals surface area contributed by atoms with Crippen LogP contribution in [0.5, 0.6) is 0 Å². The molecule has 25 atom stereocenters. The van der Waals surface area contributed by atoms with Crippen LogP contribution in [0.4, 0.5) is 0 Å². The highest BCUT2D eigenvalue weighted by atomic mass is 16.8. The van der Waals surface area contributed by atoms with Crippen LogP contribution in [0.2, 0.25) is 0 Å². The maximum Gasteiger partial charge on any atom is 0.217 e. The molecule has 5 aliphatic rings. The monoisotopic (exact) mass is 894 g/mol. The average molecular weight is 895 g/mol. The molecule has 5 saturated heterocycles. The first-order valence-corrected chi connectivity index (χ1v) is 19.5. The Balaban J connectivity index is 1.52. The van der Waals surface area contributed by atoms with Gasteiger partial charge in [0.15, 0.2) is 31.5 Å². The van der Waals surface area contributed by atoms with E-state index in [4.69, 9.17) is 42.6 Å². The predicted octanol–water partition coefficient (Wildman–Crippen LogP) is -10.6. The van der Waals surface area contributed by atoms with Gasteiger partial charge in [0, 0.05) is 13.8 Å². The van der Waals surface area contributed by atoms with E-state index in [0.29, 0.717) is 0 Å². The Morgan fingerprint density at radius 2 is 0.869 bits per heavy atom. The van der Waals surface area contributed by atoms with Crippen LogP contribution in [-0.4, -0.2) is 263 Å². The van der Waals surface area contributed by atoms with Crippen LogP contribution in [0.25, 0.3) is 0 Å². The fraction of sp³-hybridized carbons (Fsp3) is 0.941. The van der Waals surface area contributed by atoms with E-state index in [1.54, 1.807) is 0 Å². The van der Waals surface area contributed by atoms with Crippen LogP contribution in [0, 0.1) is 0 Å². The number of rotatable bonds is 14. The average Bonchev–Trinajstić information content (AvgIpc) is 3.22. The molecule has 5 heterocycles. The second-order valence-electron chi connectivity index (χ2n) is 15.4. The van der Waals surface area contributed by atoms with Crippen molar-refractivity contribution in [2.24, 2.45) is 0 Å². The summed E-state index contributed by atoms with van der Waals surface area (Å²) in [5, 5.41) is 153. The molecule has 0 aromatic rings. The molecule has 5 fully saturated rings. The summed E-state index contributed by atoms with van der Waals surface area (Å²) in [4.78, 5) is 24.6. The standard InChI is InChI=1S/C34H58N2O25/c1-8-17(43)23(49)24(50)33(53-8)61-29-28(60-31-15(35-9(2)41)21(47)18(44)11(4-37)55-31)20(46)13(6-39)56-34(29)58-26-14(7-40)57-32(16(22(26)48)36-10(3)42)59-27-19(45)12(5-38)54-30(52)25(27)51/h8,11-34,37-40,43-52H,4-7H2,1-3H3,(H,35,41)(H,36,42)/t8?,11?,12?,13?,14?,15?,16?,17-,18+,19+,20+,21-,22-,23+,24?,25?,26-,27+,28+,29?,30-,31-,32+,33+,34+/m1/s1. The Morgan fingerprint density at radius 3 is 1.43 bits per heavy atom. The highest BCUT2D eigenvalue weighted by Crippen LogP contribution is 2.37. The van der Waals surface area contributed by atoms with E-state index in [-0.39, 0.29) is 0 Å². The van der Waals surface area contributed by atoms with Gasteiger partial charge < -0.3 is 125 Å². The first kappa shape index (κ1) is 50.0. The molecule has 61 heavy (non-hydrogen) atoms. The van der Waals surface area contributed by atoms with Gasteiger partial charge in [-0.2, -0.15) is 0 Å². The van der Waals surface area contributed by atoms with Gasteiger partial charge >= 0.3 is 0 Å². The third kappa shape index (κ3) is 10.8. The zero-order chi connectivity index (χ0) is 45.2. The number of carbonyl (C=O) groups is 2. The Hall–Kier alpha value is -1.98. The quantitative estimate of drug-likeness (QED) is 0.0770. The summed E-state index contributed by atoms with van der Waals surface area (Å²) in [6, 6.07) is -3.32. The molecule has 27 nitrogen and oxygen atoms in total. The number of aliphatic hydroxyl groups is 14. The SMILES string of the molecule is CC(=O)NC1[C@H](O[C@@H]2C(O)[C@H](O)OC(CO)[C@@H]2O)OC(CO)[C@@H](O[C@@H]2OC(CO)[C@H](O)[C@H](O[C@H]3OC(CO)[C@H](O)[C@H](O)C3NC(C)=O)C2O[C@@H]2OC(C)[C@@H](O)[C@H](O)C2O)[C@@H]1O. The molecule has 27 heteroatoms. The third-order valence-corrected chi connectivity index (χ3v) is 11.1. The van der Waals surface area contributed by atoms with Gasteiger partial charge in [-0.1, -0.05) is 0 Å². The van der Waals surface area contributed by atoms with Crippen LogP contribution in [0.15, 0.2) is 0 Å². The molecule has 0 spiro atoms. The first-order chi connectivity index (χ1) is 28.8. The van der Waals surface area contributed by atoms with E-state index in [1.165, 1.54) is 6.92 Å². The smallest absolute Gasteiger partial charge is 0.217 e. The van der Waals surface area contributed by atoms with Crippen molar-refractivity contribution in [3.05, 3.63) is 0 Å². The van der Waals surface area contributed by atoms with Gasteiger partial charge in [-0.25, -0.2) is 0 Å². The predicted molar refractivity (Wildman–Crippen MR) is 188 cm³/mol. The van der Waals surface area contributed by atoms with Gasteiger partial charge in [-0.05, 0) is 6.92 Å². The second-order valence-corrected chi connectivity index (χ2v) is 15.4. The normalized spacial score (nSPS) is 49.6. The van der Waals surface area contributed by atoms with Crippen LogP contribution in [-0.2, 0) is 52.2 Å². The molecule has 10 unspecified atom stereocenters. The van der Waals surface area contributed by atoms with E-state index in [2.05, 4.69) is 10.6 Å². The molecule has 5 aliphatic heterocycles. The van der Waals surface area contributed by atoms with Crippen molar-refractivity contribution >= 4 is 11.8 Å². The summed E-state index contributed by atoms with van der Waals surface area (Å²) in [5.41, 5.74) is 0. The Labute approximate surface area is 346 Å². The molecule has 354 valence electrons. The third-order valence-electron chi connectivity index (χ3n) is 11.1. The maximum absolute atomic E-state index is 12.4. The van der Waals surface area contributed by atoms with Gasteiger partial charge in [0.1, 0.15) is 116 Å². The largest absolute Gasteiger partial charge is 0.394 e. The van der Waals surface area contributed by atoms with Crippen LogP contribution in [0.1, 0.15) is 20.8 Å². The number of amides is 2. The van der Waals surface area contributed by atoms with E-state index in [1.807, 2.05) is 0 Å². The zero-order valence-corrected chi connectivity index (χ0v) is 33.0. The minimum absolute atomic E-state index is 0.756. The molecule has 0 radical (unpaired) electrons. The maximum atomic E-state index is 12.4. The van der Waals surface area contributed by atoms with Gasteiger partial charge in [0.25, 0.3) is 0 Å². The van der Waals surface area contributed by atoms with Gasteiger partial charge in [-0.3, -0.25) is 9.59 Å². The number of aliphatic hydroxyl groups excluding tert-OH is 14. The number of hydrogen-bond acceptors (Lipinski definition) is 25. The van der Waals surface area contributed by atoms with Gasteiger partial charge in [-0.15, -0.1) is 0 Å². The second kappa shape index (κ2) is 21.3. The fourth-order valence-electron chi connectivity index (χ4n) is 7.75. The highest BCUT2D eigenvalue weighted by molar-refractivity contribution is 5.73. The van der Waals surface area contributed by atoms with Crippen LogP contribution < -0.4 is 10.6 Å². The lowest BCUT2D eigenvalue weighted by molar-refractivity contribution is -0.401. The molecule has 0 saturated carbocycles. The van der Waals surface area contributed by atoms with Crippen LogP contribution >= 0.6 is 0 Å². The lowest BCUT2D eigenvalue weighted by Gasteiger charge is -2.51. The van der Waals surface area contributed by atoms with Gasteiger partial charge in [0.2, 0.25) is 11.8 Å². The minimum Gasteiger partial charge on any atom is -0.394 e. The molecule has 16 N–H and O–H groups in total. The van der Waals surface area contributed by atoms with Crippen LogP contribution in [0.3, 0.4) is 0 Å². The molecule has 2 amide bonds. The Kier molecular flexibility index (Phi) is 17.5. The topological polar surface area (TPSA) is 424 Å². The van der Waals surface area contributed by atoms with Crippen molar-refractivity contribution in [3.63, 3.8) is 0 Å². The van der Waals surface area contributed by atoms with Crippen molar-refractivity contribution in [2.75, 3.05) is 26.4 Å². The molecule has 5 rings (SSSR count). The lowest BCUT2D eigenvalue weighted by Crippen LogP contribution is -2.71. The summed E-state index contributed by atoms with van der Waals surface area (Å²) < 4.78 is 52.0. The molecule has 0 aromatic carbocycles. The molecule has 0 aromatic heterocycles. The lowest BCUT2D eigenvalue weighted by atomic mass is 9.94. The van der Waals surface area contributed by atoms with E-state index < -0.39 is 192 Å². The van der Waals surface area contributed by atoms with Crippen molar-refractivity contribution in [2.45, 2.75) is 174 Å². The fourth-order valence-corrected chi connectivity index (χ4v) is 7.75. The number of carbonyl (C=O) groups excluding carboxylic acids is 2.